The molecule has 0 bridgehead atoms. The van der Waals surface area contributed by atoms with Crippen molar-refractivity contribution in [3.8, 4) is 17.2 Å². The van der Waals surface area contributed by atoms with Crippen molar-refractivity contribution in [3.63, 3.8) is 0 Å². The number of ether oxygens (including phenoxy) is 3. The molecule has 1 amide bonds. The number of carbonyl (C=O) groups excluding carboxylic acids is 1. The van der Waals surface area contributed by atoms with Gasteiger partial charge in [-0.05, 0) is 41.1 Å². The van der Waals surface area contributed by atoms with Crippen molar-refractivity contribution in [2.45, 2.75) is 19.4 Å². The molecule has 6 heteroatoms. The lowest BCUT2D eigenvalue weighted by atomic mass is 10.1. The van der Waals surface area contributed by atoms with E-state index in [1.54, 1.807) is 32.7 Å². The van der Waals surface area contributed by atoms with Gasteiger partial charge >= 0.3 is 0 Å². The zero-order valence-electron chi connectivity index (χ0n) is 17.6. The Morgan fingerprint density at radius 3 is 2.17 bits per heavy atom. The van der Waals surface area contributed by atoms with Crippen LogP contribution in [0.5, 0.6) is 17.2 Å². The molecule has 0 aliphatic rings. The monoisotopic (exact) mass is 425 g/mol. The highest BCUT2D eigenvalue weighted by Gasteiger charge is 2.19. The van der Waals surface area contributed by atoms with Crippen molar-refractivity contribution in [1.29, 1.82) is 0 Å². The van der Waals surface area contributed by atoms with Gasteiger partial charge in [0, 0.05) is 11.4 Å². The summed E-state index contributed by atoms with van der Waals surface area (Å²) < 4.78 is 16.2. The Kier molecular flexibility index (Phi) is 7.74. The van der Waals surface area contributed by atoms with Gasteiger partial charge < -0.3 is 19.1 Å². The summed E-state index contributed by atoms with van der Waals surface area (Å²) in [6.45, 7) is 1.26. The molecule has 0 unspecified atom stereocenters. The minimum atomic E-state index is 0.0635. The van der Waals surface area contributed by atoms with E-state index in [0.717, 1.165) is 12.0 Å². The van der Waals surface area contributed by atoms with Crippen LogP contribution in [0.2, 0.25) is 0 Å². The van der Waals surface area contributed by atoms with Crippen LogP contribution in [0.4, 0.5) is 0 Å². The SMILES string of the molecule is COc1cc(CC(=O)N(CCc2ccccc2)Cc2cccs2)cc(OC)c1OC. The van der Waals surface area contributed by atoms with Gasteiger partial charge in [-0.25, -0.2) is 0 Å². The molecule has 0 N–H and O–H groups in total. The van der Waals surface area contributed by atoms with E-state index in [2.05, 4.69) is 18.2 Å². The number of benzene rings is 2. The lowest BCUT2D eigenvalue weighted by Crippen LogP contribution is -2.33. The molecule has 158 valence electrons. The van der Waals surface area contributed by atoms with E-state index in [1.807, 2.05) is 46.7 Å². The quantitative estimate of drug-likeness (QED) is 0.477. The summed E-state index contributed by atoms with van der Waals surface area (Å²) in [4.78, 5) is 16.3. The Morgan fingerprint density at radius 1 is 0.900 bits per heavy atom. The van der Waals surface area contributed by atoms with E-state index in [0.29, 0.717) is 30.3 Å². The Morgan fingerprint density at radius 2 is 1.60 bits per heavy atom. The summed E-state index contributed by atoms with van der Waals surface area (Å²) >= 11 is 1.66. The fraction of sp³-hybridized carbons (Fsp3) is 0.292. The second-order valence-corrected chi connectivity index (χ2v) is 7.87. The molecular weight excluding hydrogens is 398 g/mol. The van der Waals surface area contributed by atoms with E-state index in [-0.39, 0.29) is 12.3 Å². The van der Waals surface area contributed by atoms with E-state index < -0.39 is 0 Å². The van der Waals surface area contributed by atoms with Crippen molar-refractivity contribution >= 4 is 17.2 Å². The first kappa shape index (κ1) is 21.7. The van der Waals surface area contributed by atoms with Gasteiger partial charge in [0.05, 0.1) is 34.3 Å². The van der Waals surface area contributed by atoms with Gasteiger partial charge in [0.15, 0.2) is 11.5 Å². The zero-order chi connectivity index (χ0) is 21.3. The van der Waals surface area contributed by atoms with Gasteiger partial charge in [-0.1, -0.05) is 36.4 Å². The number of hydrogen-bond acceptors (Lipinski definition) is 5. The summed E-state index contributed by atoms with van der Waals surface area (Å²) in [5, 5.41) is 2.04. The second kappa shape index (κ2) is 10.7. The maximum Gasteiger partial charge on any atom is 0.227 e. The minimum Gasteiger partial charge on any atom is -0.493 e. The number of carbonyl (C=O) groups is 1. The van der Waals surface area contributed by atoms with Crippen LogP contribution >= 0.6 is 11.3 Å². The summed E-state index contributed by atoms with van der Waals surface area (Å²) in [5.41, 5.74) is 2.04. The number of thiophene rings is 1. The van der Waals surface area contributed by atoms with Crippen molar-refractivity contribution < 1.29 is 19.0 Å². The Balaban J connectivity index is 1.78. The highest BCUT2D eigenvalue weighted by atomic mass is 32.1. The van der Waals surface area contributed by atoms with Crippen molar-refractivity contribution in [1.82, 2.24) is 4.90 Å². The van der Waals surface area contributed by atoms with E-state index in [4.69, 9.17) is 14.2 Å². The average Bonchev–Trinajstić information content (AvgIpc) is 3.29. The maximum absolute atomic E-state index is 13.2. The van der Waals surface area contributed by atoms with E-state index in [9.17, 15) is 4.79 Å². The summed E-state index contributed by atoms with van der Waals surface area (Å²) in [7, 11) is 4.72. The molecule has 30 heavy (non-hydrogen) atoms. The van der Waals surface area contributed by atoms with Crippen LogP contribution in [0.1, 0.15) is 16.0 Å². The van der Waals surface area contributed by atoms with Gasteiger partial charge in [0.1, 0.15) is 0 Å². The molecule has 3 rings (SSSR count). The molecule has 1 heterocycles. The highest BCUT2D eigenvalue weighted by Crippen LogP contribution is 2.38. The van der Waals surface area contributed by atoms with Crippen LogP contribution in [0.3, 0.4) is 0 Å². The van der Waals surface area contributed by atoms with Crippen molar-refractivity contribution in [2.75, 3.05) is 27.9 Å². The maximum atomic E-state index is 13.2. The van der Waals surface area contributed by atoms with Crippen molar-refractivity contribution in [2.24, 2.45) is 0 Å². The number of methoxy groups -OCH3 is 3. The summed E-state index contributed by atoms with van der Waals surface area (Å²) in [5.74, 6) is 1.69. The Hall–Kier alpha value is -2.99. The third-order valence-corrected chi connectivity index (χ3v) is 5.73. The molecule has 0 saturated heterocycles. The van der Waals surface area contributed by atoms with Crippen LogP contribution in [0, 0.1) is 0 Å². The van der Waals surface area contributed by atoms with Gasteiger partial charge in [-0.15, -0.1) is 11.3 Å². The van der Waals surface area contributed by atoms with Gasteiger partial charge in [0.2, 0.25) is 11.7 Å². The molecule has 0 fully saturated rings. The normalized spacial score (nSPS) is 10.5. The molecule has 0 spiro atoms. The van der Waals surface area contributed by atoms with Gasteiger partial charge in [0.25, 0.3) is 0 Å². The average molecular weight is 426 g/mol. The summed E-state index contributed by atoms with van der Waals surface area (Å²) in [6.07, 6.45) is 1.07. The first-order valence-corrected chi connectivity index (χ1v) is 10.7. The minimum absolute atomic E-state index is 0.0635. The predicted octanol–water partition coefficient (Wildman–Crippen LogP) is 4.59. The largest absolute Gasteiger partial charge is 0.493 e. The lowest BCUT2D eigenvalue weighted by Gasteiger charge is -2.23. The van der Waals surface area contributed by atoms with Crippen LogP contribution in [-0.2, 0) is 24.2 Å². The second-order valence-electron chi connectivity index (χ2n) is 6.84. The van der Waals surface area contributed by atoms with Crippen LogP contribution in [0.25, 0.3) is 0 Å². The zero-order valence-corrected chi connectivity index (χ0v) is 18.4. The first-order valence-electron chi connectivity index (χ1n) is 9.77. The first-order chi connectivity index (χ1) is 14.6. The molecule has 0 saturated carbocycles. The Labute approximate surface area is 181 Å². The van der Waals surface area contributed by atoms with Gasteiger partial charge in [-0.2, -0.15) is 0 Å². The third kappa shape index (κ3) is 5.54. The molecule has 2 aromatic carbocycles. The standard InChI is InChI=1S/C24H27NO4S/c1-27-21-14-19(15-22(28-2)24(21)29-3)16-23(26)25(17-20-10-7-13-30-20)12-11-18-8-5-4-6-9-18/h4-10,13-15H,11-12,16-17H2,1-3H3. The third-order valence-electron chi connectivity index (χ3n) is 4.87. The molecule has 0 radical (unpaired) electrons. The van der Waals surface area contributed by atoms with Crippen LogP contribution < -0.4 is 14.2 Å². The molecule has 3 aromatic rings. The fourth-order valence-electron chi connectivity index (χ4n) is 3.32. The molecule has 0 atom stereocenters. The van der Waals surface area contributed by atoms with Crippen molar-refractivity contribution in [3.05, 3.63) is 76.0 Å². The van der Waals surface area contributed by atoms with E-state index >= 15 is 0 Å². The number of amides is 1. The number of nitrogens with zero attached hydrogens (tertiary/aromatic N) is 1. The smallest absolute Gasteiger partial charge is 0.227 e. The molecule has 5 nitrogen and oxygen atoms in total. The van der Waals surface area contributed by atoms with Crippen LogP contribution in [0.15, 0.2) is 60.0 Å². The Bertz CT molecular complexity index is 916. The highest BCUT2D eigenvalue weighted by molar-refractivity contribution is 7.09. The molecule has 0 aliphatic heterocycles. The summed E-state index contributed by atoms with van der Waals surface area (Å²) in [6, 6.07) is 18.0. The van der Waals surface area contributed by atoms with Crippen LogP contribution in [-0.4, -0.2) is 38.7 Å². The molecular formula is C24H27NO4S. The number of rotatable bonds is 10. The molecule has 1 aromatic heterocycles. The predicted molar refractivity (Wildman–Crippen MR) is 120 cm³/mol. The van der Waals surface area contributed by atoms with E-state index in [1.165, 1.54) is 10.4 Å². The number of hydrogen-bond donors (Lipinski definition) is 0. The molecule has 0 aliphatic carbocycles. The van der Waals surface area contributed by atoms with Gasteiger partial charge in [-0.3, -0.25) is 4.79 Å². The lowest BCUT2D eigenvalue weighted by molar-refractivity contribution is -0.131. The topological polar surface area (TPSA) is 48.0 Å². The fourth-order valence-corrected chi connectivity index (χ4v) is 4.03.